The van der Waals surface area contributed by atoms with Gasteiger partial charge in [-0.3, -0.25) is 4.79 Å². The van der Waals surface area contributed by atoms with Crippen LogP contribution in [0.25, 0.3) is 10.1 Å². The molecule has 2 N–H and O–H groups in total. The van der Waals surface area contributed by atoms with E-state index in [4.69, 9.17) is 0 Å². The minimum absolute atomic E-state index is 0.158. The number of aromatic nitrogens is 1. The molecule has 0 saturated carbocycles. The molecule has 4 nitrogen and oxygen atoms in total. The molecule has 1 amide bonds. The highest BCUT2D eigenvalue weighted by Gasteiger charge is 2.31. The van der Waals surface area contributed by atoms with Gasteiger partial charge in [-0.1, -0.05) is 12.1 Å². The molecule has 1 aromatic heterocycles. The number of nitrogens with zero attached hydrogens (tertiary/aromatic N) is 1. The van der Waals surface area contributed by atoms with Crippen molar-refractivity contribution in [1.82, 2.24) is 9.69 Å². The Bertz CT molecular complexity index is 939. The first kappa shape index (κ1) is 18.1. The number of anilines is 1. The number of benzene rings is 2. The van der Waals surface area contributed by atoms with Gasteiger partial charge in [-0.25, -0.2) is 4.39 Å². The molecule has 1 heterocycles. The van der Waals surface area contributed by atoms with Crippen molar-refractivity contribution in [2.45, 2.75) is 6.18 Å². The number of rotatable bonds is 5. The third-order valence-electron chi connectivity index (χ3n) is 3.62. The first-order chi connectivity index (χ1) is 12.4. The monoisotopic (exact) mass is 383 g/mol. The van der Waals surface area contributed by atoms with E-state index in [1.807, 2.05) is 24.3 Å². The molecule has 0 aliphatic rings. The van der Waals surface area contributed by atoms with Crippen molar-refractivity contribution in [2.24, 2.45) is 0 Å². The summed E-state index contributed by atoms with van der Waals surface area (Å²) < 4.78 is 56.6. The fourth-order valence-electron chi connectivity index (χ4n) is 2.34. The number of hydrogen-bond acceptors (Lipinski definition) is 4. The number of fused-ring (bicyclic) bond motifs is 1. The normalized spacial score (nSPS) is 11.5. The van der Waals surface area contributed by atoms with Crippen molar-refractivity contribution in [3.63, 3.8) is 0 Å². The first-order valence-electron chi connectivity index (χ1n) is 7.59. The van der Waals surface area contributed by atoms with Gasteiger partial charge in [-0.05, 0) is 41.9 Å². The van der Waals surface area contributed by atoms with E-state index in [-0.39, 0.29) is 6.54 Å². The lowest BCUT2D eigenvalue weighted by atomic mass is 10.1. The summed E-state index contributed by atoms with van der Waals surface area (Å²) in [7, 11) is 0. The van der Waals surface area contributed by atoms with E-state index in [2.05, 4.69) is 15.0 Å². The molecule has 26 heavy (non-hydrogen) atoms. The topological polar surface area (TPSA) is 54.0 Å². The molecule has 0 atom stereocenters. The van der Waals surface area contributed by atoms with Gasteiger partial charge in [0, 0.05) is 18.5 Å². The van der Waals surface area contributed by atoms with Crippen LogP contribution >= 0.6 is 11.5 Å². The van der Waals surface area contributed by atoms with Crippen LogP contribution < -0.4 is 10.6 Å². The maximum absolute atomic E-state index is 13.8. The Balaban J connectivity index is 1.56. The lowest BCUT2D eigenvalue weighted by Gasteiger charge is -2.10. The van der Waals surface area contributed by atoms with E-state index in [9.17, 15) is 22.4 Å². The molecular formula is C17H13F4N3OS. The molecule has 0 spiro atoms. The summed E-state index contributed by atoms with van der Waals surface area (Å²) in [5.74, 6) is -1.31. The highest BCUT2D eigenvalue weighted by Crippen LogP contribution is 2.30. The molecule has 0 unspecified atom stereocenters. The van der Waals surface area contributed by atoms with Crippen LogP contribution in [0, 0.1) is 5.82 Å². The molecule has 0 aliphatic heterocycles. The van der Waals surface area contributed by atoms with Crippen LogP contribution in [-0.2, 0) is 6.18 Å². The average molecular weight is 383 g/mol. The zero-order chi connectivity index (χ0) is 18.7. The third kappa shape index (κ3) is 3.93. The van der Waals surface area contributed by atoms with Gasteiger partial charge < -0.3 is 10.6 Å². The van der Waals surface area contributed by atoms with Crippen LogP contribution in [-0.4, -0.2) is 23.4 Å². The van der Waals surface area contributed by atoms with Crippen molar-refractivity contribution >= 4 is 33.3 Å². The zero-order valence-corrected chi connectivity index (χ0v) is 14.0. The van der Waals surface area contributed by atoms with Gasteiger partial charge in [0.2, 0.25) is 0 Å². The molecule has 136 valence electrons. The standard InChI is InChI=1S/C17H13F4N3OS/c18-13-9-10(17(19,20)21)5-6-11(13)16(25)23-8-7-22-15-12-3-1-2-4-14(12)26-24-15/h1-6,9H,7-8H2,(H,22,24)(H,23,25). The maximum Gasteiger partial charge on any atom is 0.416 e. The van der Waals surface area contributed by atoms with Gasteiger partial charge in [0.05, 0.1) is 15.8 Å². The van der Waals surface area contributed by atoms with Crippen LogP contribution in [0.15, 0.2) is 42.5 Å². The van der Waals surface area contributed by atoms with Crippen molar-refractivity contribution in [2.75, 3.05) is 18.4 Å². The van der Waals surface area contributed by atoms with Crippen molar-refractivity contribution < 1.29 is 22.4 Å². The number of hydrogen-bond donors (Lipinski definition) is 2. The van der Waals surface area contributed by atoms with Crippen LogP contribution in [0.2, 0.25) is 0 Å². The lowest BCUT2D eigenvalue weighted by molar-refractivity contribution is -0.137. The lowest BCUT2D eigenvalue weighted by Crippen LogP contribution is -2.29. The second-order valence-corrected chi connectivity index (χ2v) is 6.21. The quantitative estimate of drug-likeness (QED) is 0.510. The SMILES string of the molecule is O=C(NCCNc1nsc2ccccc12)c1ccc(C(F)(F)F)cc1F. The molecule has 0 fully saturated rings. The number of carbonyl (C=O) groups excluding carboxylic acids is 1. The highest BCUT2D eigenvalue weighted by atomic mass is 32.1. The first-order valence-corrected chi connectivity index (χ1v) is 8.37. The predicted molar refractivity (Wildman–Crippen MR) is 91.8 cm³/mol. The third-order valence-corrected chi connectivity index (χ3v) is 4.45. The minimum Gasteiger partial charge on any atom is -0.367 e. The summed E-state index contributed by atoms with van der Waals surface area (Å²) in [6.07, 6.45) is -4.66. The Morgan fingerprint density at radius 2 is 1.88 bits per heavy atom. The molecule has 3 rings (SSSR count). The predicted octanol–water partition coefficient (Wildman–Crippen LogP) is 4.30. The van der Waals surface area contributed by atoms with Crippen molar-refractivity contribution in [3.05, 3.63) is 59.4 Å². The Kier molecular flexibility index (Phi) is 5.08. The van der Waals surface area contributed by atoms with Crippen LogP contribution in [0.4, 0.5) is 23.4 Å². The Hall–Kier alpha value is -2.68. The molecular weight excluding hydrogens is 370 g/mol. The summed E-state index contributed by atoms with van der Waals surface area (Å²) in [6, 6.07) is 9.46. The zero-order valence-electron chi connectivity index (χ0n) is 13.2. The van der Waals surface area contributed by atoms with Crippen molar-refractivity contribution in [3.8, 4) is 0 Å². The van der Waals surface area contributed by atoms with E-state index < -0.39 is 29.0 Å². The summed E-state index contributed by atoms with van der Waals surface area (Å²) in [5.41, 5.74) is -1.57. The second kappa shape index (κ2) is 7.28. The Labute approximate surface area is 150 Å². The van der Waals surface area contributed by atoms with Gasteiger partial charge in [-0.15, -0.1) is 0 Å². The van der Waals surface area contributed by atoms with Gasteiger partial charge in [0.1, 0.15) is 11.6 Å². The smallest absolute Gasteiger partial charge is 0.367 e. The Morgan fingerprint density at radius 3 is 2.62 bits per heavy atom. The fourth-order valence-corrected chi connectivity index (χ4v) is 3.10. The largest absolute Gasteiger partial charge is 0.416 e. The van der Waals surface area contributed by atoms with E-state index in [0.29, 0.717) is 24.5 Å². The molecule has 2 aromatic carbocycles. The number of carbonyl (C=O) groups is 1. The van der Waals surface area contributed by atoms with E-state index in [1.165, 1.54) is 11.5 Å². The number of alkyl halides is 3. The molecule has 3 aromatic rings. The van der Waals surface area contributed by atoms with Gasteiger partial charge >= 0.3 is 6.18 Å². The van der Waals surface area contributed by atoms with Gasteiger partial charge in [0.15, 0.2) is 0 Å². The molecule has 0 radical (unpaired) electrons. The van der Waals surface area contributed by atoms with Crippen LogP contribution in [0.1, 0.15) is 15.9 Å². The summed E-state index contributed by atoms with van der Waals surface area (Å²) in [6.45, 7) is 0.493. The molecule has 9 heteroatoms. The summed E-state index contributed by atoms with van der Waals surface area (Å²) in [4.78, 5) is 11.9. The summed E-state index contributed by atoms with van der Waals surface area (Å²) in [5, 5.41) is 6.48. The molecule has 0 aliphatic carbocycles. The van der Waals surface area contributed by atoms with E-state index in [0.717, 1.165) is 16.2 Å². The van der Waals surface area contributed by atoms with Gasteiger partial charge in [-0.2, -0.15) is 17.5 Å². The number of amides is 1. The van der Waals surface area contributed by atoms with Crippen LogP contribution in [0.5, 0.6) is 0 Å². The van der Waals surface area contributed by atoms with E-state index in [1.54, 1.807) is 0 Å². The minimum atomic E-state index is -4.66. The maximum atomic E-state index is 13.8. The Morgan fingerprint density at radius 1 is 1.12 bits per heavy atom. The van der Waals surface area contributed by atoms with E-state index >= 15 is 0 Å². The average Bonchev–Trinajstić information content (AvgIpc) is 3.01. The fraction of sp³-hybridized carbons (Fsp3) is 0.176. The molecule has 0 saturated heterocycles. The van der Waals surface area contributed by atoms with Gasteiger partial charge in [0.25, 0.3) is 5.91 Å². The number of nitrogens with one attached hydrogen (secondary N) is 2. The highest BCUT2D eigenvalue weighted by molar-refractivity contribution is 7.13. The second-order valence-electron chi connectivity index (χ2n) is 5.40. The van der Waals surface area contributed by atoms with Crippen molar-refractivity contribution in [1.29, 1.82) is 0 Å². The number of halogens is 4. The van der Waals surface area contributed by atoms with Crippen LogP contribution in [0.3, 0.4) is 0 Å². The molecule has 0 bridgehead atoms. The summed E-state index contributed by atoms with van der Waals surface area (Å²) >= 11 is 1.34.